The zero-order chi connectivity index (χ0) is 25.6. The standard InChI is InChI=1S/C27H32O7/c1-8-9-16-19-15(13-18(33-6)20(16)24(31)34-7)12-17-21(22(19)29)23(30)27(5,11-10-14(2)28)25(32)26(17,3)4/h12-13,29H,8-11H2,1-7H3. The first kappa shape index (κ1) is 25.4. The number of methoxy groups -OCH3 is 2. The second kappa shape index (κ2) is 8.85. The molecular weight excluding hydrogens is 436 g/mol. The smallest absolute Gasteiger partial charge is 0.341 e. The first-order valence-electron chi connectivity index (χ1n) is 11.4. The van der Waals surface area contributed by atoms with E-state index in [0.717, 1.165) is 0 Å². The Labute approximate surface area is 199 Å². The molecule has 1 unspecified atom stereocenters. The summed E-state index contributed by atoms with van der Waals surface area (Å²) in [5.74, 6) is -1.49. The van der Waals surface area contributed by atoms with E-state index in [-0.39, 0.29) is 41.3 Å². The molecule has 7 nitrogen and oxygen atoms in total. The highest BCUT2D eigenvalue weighted by Crippen LogP contribution is 2.51. The molecule has 7 heteroatoms. The van der Waals surface area contributed by atoms with Crippen LogP contribution in [0.5, 0.6) is 11.5 Å². The summed E-state index contributed by atoms with van der Waals surface area (Å²) in [6.07, 6.45) is 1.25. The van der Waals surface area contributed by atoms with Crippen LogP contribution in [0, 0.1) is 5.41 Å². The summed E-state index contributed by atoms with van der Waals surface area (Å²) in [6.45, 7) is 8.36. The van der Waals surface area contributed by atoms with Gasteiger partial charge in [-0.3, -0.25) is 9.59 Å². The summed E-state index contributed by atoms with van der Waals surface area (Å²) in [4.78, 5) is 51.7. The fourth-order valence-electron chi connectivity index (χ4n) is 5.16. The van der Waals surface area contributed by atoms with Gasteiger partial charge in [0, 0.05) is 11.8 Å². The van der Waals surface area contributed by atoms with Crippen molar-refractivity contribution in [1.29, 1.82) is 0 Å². The minimum Gasteiger partial charge on any atom is -0.507 e. The van der Waals surface area contributed by atoms with Gasteiger partial charge >= 0.3 is 5.97 Å². The number of Topliss-reactive ketones (excluding diaryl/α,β-unsaturated/α-hetero) is 3. The lowest BCUT2D eigenvalue weighted by atomic mass is 9.58. The summed E-state index contributed by atoms with van der Waals surface area (Å²) >= 11 is 0. The van der Waals surface area contributed by atoms with Gasteiger partial charge < -0.3 is 19.4 Å². The third-order valence-electron chi connectivity index (χ3n) is 7.02. The molecular formula is C27H32O7. The Morgan fingerprint density at radius 1 is 1.09 bits per heavy atom. The van der Waals surface area contributed by atoms with Gasteiger partial charge in [0.15, 0.2) is 11.6 Å². The molecule has 0 saturated heterocycles. The van der Waals surface area contributed by atoms with Gasteiger partial charge in [-0.25, -0.2) is 4.79 Å². The number of ether oxygens (including phenoxy) is 2. The van der Waals surface area contributed by atoms with E-state index in [2.05, 4.69) is 0 Å². The van der Waals surface area contributed by atoms with Gasteiger partial charge in [0.05, 0.1) is 30.6 Å². The van der Waals surface area contributed by atoms with E-state index in [1.807, 2.05) is 6.92 Å². The first-order chi connectivity index (χ1) is 15.9. The number of hydrogen-bond acceptors (Lipinski definition) is 7. The molecule has 1 N–H and O–H groups in total. The van der Waals surface area contributed by atoms with Crippen molar-refractivity contribution in [2.24, 2.45) is 5.41 Å². The van der Waals surface area contributed by atoms with Crippen LogP contribution in [0.3, 0.4) is 0 Å². The van der Waals surface area contributed by atoms with Gasteiger partial charge in [-0.15, -0.1) is 0 Å². The van der Waals surface area contributed by atoms with Crippen LogP contribution in [0.25, 0.3) is 10.8 Å². The number of carbonyl (C=O) groups excluding carboxylic acids is 4. The normalized spacial score (nSPS) is 19.1. The van der Waals surface area contributed by atoms with E-state index in [4.69, 9.17) is 9.47 Å². The Morgan fingerprint density at radius 2 is 1.74 bits per heavy atom. The van der Waals surface area contributed by atoms with Crippen molar-refractivity contribution in [2.45, 2.75) is 65.7 Å². The Hall–Kier alpha value is -3.22. The molecule has 1 aliphatic carbocycles. The molecule has 0 aromatic heterocycles. The van der Waals surface area contributed by atoms with Crippen molar-refractivity contribution < 1.29 is 33.8 Å². The zero-order valence-corrected chi connectivity index (χ0v) is 20.9. The summed E-state index contributed by atoms with van der Waals surface area (Å²) in [6, 6.07) is 3.35. The molecule has 34 heavy (non-hydrogen) atoms. The lowest BCUT2D eigenvalue weighted by molar-refractivity contribution is -0.131. The van der Waals surface area contributed by atoms with Crippen molar-refractivity contribution in [3.63, 3.8) is 0 Å². The van der Waals surface area contributed by atoms with Crippen LogP contribution in [0.15, 0.2) is 12.1 Å². The van der Waals surface area contributed by atoms with Gasteiger partial charge in [0.25, 0.3) is 0 Å². The topological polar surface area (TPSA) is 107 Å². The first-order valence-corrected chi connectivity index (χ1v) is 11.4. The van der Waals surface area contributed by atoms with Crippen LogP contribution in [-0.4, -0.2) is 42.6 Å². The molecule has 182 valence electrons. The lowest BCUT2D eigenvalue weighted by Gasteiger charge is -2.41. The summed E-state index contributed by atoms with van der Waals surface area (Å²) in [5.41, 5.74) is -1.32. The van der Waals surface area contributed by atoms with Gasteiger partial charge in [0.2, 0.25) is 0 Å². The molecule has 0 bridgehead atoms. The minimum atomic E-state index is -1.45. The van der Waals surface area contributed by atoms with E-state index in [1.165, 1.54) is 21.1 Å². The third kappa shape index (κ3) is 3.67. The van der Waals surface area contributed by atoms with Gasteiger partial charge in [-0.1, -0.05) is 13.3 Å². The number of carbonyl (C=O) groups is 4. The van der Waals surface area contributed by atoms with Crippen molar-refractivity contribution in [3.8, 4) is 11.5 Å². The maximum absolute atomic E-state index is 13.8. The number of aryl methyl sites for hydroxylation is 1. The van der Waals surface area contributed by atoms with Crippen LogP contribution >= 0.6 is 0 Å². The number of benzene rings is 2. The summed E-state index contributed by atoms with van der Waals surface area (Å²) < 4.78 is 10.5. The van der Waals surface area contributed by atoms with Crippen LogP contribution in [-0.2, 0) is 26.2 Å². The molecule has 0 amide bonds. The number of rotatable bonds is 7. The maximum atomic E-state index is 13.8. The van der Waals surface area contributed by atoms with E-state index in [1.54, 1.807) is 32.9 Å². The van der Waals surface area contributed by atoms with Gasteiger partial charge in [0.1, 0.15) is 22.8 Å². The number of esters is 1. The van der Waals surface area contributed by atoms with Crippen molar-refractivity contribution >= 4 is 34.1 Å². The summed E-state index contributed by atoms with van der Waals surface area (Å²) in [5, 5.41) is 12.5. The lowest BCUT2D eigenvalue weighted by Crippen LogP contribution is -2.51. The van der Waals surface area contributed by atoms with Crippen LogP contribution in [0.1, 0.15) is 85.7 Å². The number of phenols is 1. The number of ketones is 3. The fraction of sp³-hybridized carbons (Fsp3) is 0.481. The zero-order valence-electron chi connectivity index (χ0n) is 20.9. The molecule has 2 aromatic rings. The van der Waals surface area contributed by atoms with E-state index in [0.29, 0.717) is 40.5 Å². The molecule has 0 heterocycles. The maximum Gasteiger partial charge on any atom is 0.341 e. The van der Waals surface area contributed by atoms with Gasteiger partial charge in [-0.2, -0.15) is 0 Å². The molecule has 2 aromatic carbocycles. The molecule has 0 radical (unpaired) electrons. The predicted molar refractivity (Wildman–Crippen MR) is 128 cm³/mol. The monoisotopic (exact) mass is 468 g/mol. The SMILES string of the molecule is CCCc1c(C(=O)OC)c(OC)cc2cc3c(c(O)c12)C(=O)C(C)(CCC(C)=O)C(=O)C3(C)C. The number of hydrogen-bond donors (Lipinski definition) is 1. The van der Waals surface area contributed by atoms with Crippen LogP contribution < -0.4 is 4.74 Å². The Kier molecular flexibility index (Phi) is 6.62. The average Bonchev–Trinajstić information content (AvgIpc) is 2.79. The molecule has 0 saturated carbocycles. The quantitative estimate of drug-likeness (QED) is 0.463. The molecule has 1 atom stereocenters. The highest BCUT2D eigenvalue weighted by atomic mass is 16.5. The van der Waals surface area contributed by atoms with Crippen molar-refractivity contribution in [1.82, 2.24) is 0 Å². The van der Waals surface area contributed by atoms with E-state index >= 15 is 0 Å². The minimum absolute atomic E-state index is 0.0676. The average molecular weight is 469 g/mol. The molecule has 0 fully saturated rings. The number of phenolic OH excluding ortho intramolecular Hbond substituents is 1. The second-order valence-corrected chi connectivity index (χ2v) is 9.74. The van der Waals surface area contributed by atoms with Gasteiger partial charge in [-0.05, 0) is 69.2 Å². The number of aromatic hydroxyl groups is 1. The van der Waals surface area contributed by atoms with Crippen molar-refractivity contribution in [2.75, 3.05) is 14.2 Å². The Balaban J connectivity index is 2.46. The highest BCUT2D eigenvalue weighted by molar-refractivity contribution is 6.24. The molecule has 0 spiro atoms. The predicted octanol–water partition coefficient (Wildman–Crippen LogP) is 4.71. The van der Waals surface area contributed by atoms with Crippen molar-refractivity contribution in [3.05, 3.63) is 34.4 Å². The second-order valence-electron chi connectivity index (χ2n) is 9.74. The van der Waals surface area contributed by atoms with E-state index in [9.17, 15) is 24.3 Å². The third-order valence-corrected chi connectivity index (χ3v) is 7.02. The Bertz CT molecular complexity index is 1220. The highest BCUT2D eigenvalue weighted by Gasteiger charge is 2.55. The summed E-state index contributed by atoms with van der Waals surface area (Å²) in [7, 11) is 2.71. The van der Waals surface area contributed by atoms with Crippen LogP contribution in [0.2, 0.25) is 0 Å². The molecule has 0 aliphatic heterocycles. The molecule has 3 rings (SSSR count). The number of fused-ring (bicyclic) bond motifs is 2. The fourth-order valence-corrected chi connectivity index (χ4v) is 5.16. The Morgan fingerprint density at radius 3 is 2.26 bits per heavy atom. The molecule has 1 aliphatic rings. The van der Waals surface area contributed by atoms with E-state index < -0.39 is 22.6 Å². The largest absolute Gasteiger partial charge is 0.507 e. The van der Waals surface area contributed by atoms with Crippen LogP contribution in [0.4, 0.5) is 0 Å².